The molecule has 0 aromatic heterocycles. The summed E-state index contributed by atoms with van der Waals surface area (Å²) < 4.78 is 5.63. The summed E-state index contributed by atoms with van der Waals surface area (Å²) in [5.74, 6) is -1.44. The average Bonchev–Trinajstić information content (AvgIpc) is 3.08. The number of ether oxygens (including phenoxy) is 1. The average molecular weight is 453 g/mol. The first kappa shape index (κ1) is 24.3. The molecule has 0 heterocycles. The second-order valence-electron chi connectivity index (χ2n) is 9.39. The highest BCUT2D eigenvalue weighted by atomic mass is 16.5. The zero-order chi connectivity index (χ0) is 24.2. The molecule has 7 heteroatoms. The third-order valence-electron chi connectivity index (χ3n) is 6.12. The third-order valence-corrected chi connectivity index (χ3v) is 6.12. The summed E-state index contributed by atoms with van der Waals surface area (Å²) in [5.41, 5.74) is 4.13. The van der Waals surface area contributed by atoms with Crippen LogP contribution in [0.3, 0.4) is 0 Å². The number of carboxylic acid groups (broad SMARTS) is 1. The lowest BCUT2D eigenvalue weighted by atomic mass is 9.84. The molecule has 0 saturated heterocycles. The van der Waals surface area contributed by atoms with Gasteiger partial charge in [-0.25, -0.2) is 4.79 Å². The van der Waals surface area contributed by atoms with E-state index >= 15 is 0 Å². The van der Waals surface area contributed by atoms with Gasteiger partial charge in [0.05, 0.1) is 0 Å². The van der Waals surface area contributed by atoms with E-state index in [4.69, 9.17) is 9.84 Å². The molecule has 3 rings (SSSR count). The molecule has 2 aromatic rings. The Balaban J connectivity index is 1.67. The molecule has 2 N–H and O–H groups in total. The largest absolute Gasteiger partial charge is 0.480 e. The number of benzene rings is 2. The Morgan fingerprint density at radius 3 is 2.06 bits per heavy atom. The van der Waals surface area contributed by atoms with Gasteiger partial charge < -0.3 is 20.1 Å². The van der Waals surface area contributed by atoms with Gasteiger partial charge in [0.2, 0.25) is 5.91 Å². The molecule has 176 valence electrons. The number of nitrogens with zero attached hydrogens (tertiary/aromatic N) is 1. The number of likely N-dealkylation sites (N-methyl/N-ethyl adjacent to an activating group) is 1. The Morgan fingerprint density at radius 2 is 1.58 bits per heavy atom. The first-order valence-electron chi connectivity index (χ1n) is 11.2. The minimum Gasteiger partial charge on any atom is -0.480 e. The van der Waals surface area contributed by atoms with Crippen LogP contribution in [0, 0.1) is 5.41 Å². The van der Waals surface area contributed by atoms with Crippen LogP contribution in [0.15, 0.2) is 48.5 Å². The number of carboxylic acids is 1. The van der Waals surface area contributed by atoms with Crippen molar-refractivity contribution < 1.29 is 24.2 Å². The number of alkyl carbamates (subject to hydrolysis) is 1. The lowest BCUT2D eigenvalue weighted by Crippen LogP contribution is -2.48. The van der Waals surface area contributed by atoms with Gasteiger partial charge in [-0.05, 0) is 34.6 Å². The van der Waals surface area contributed by atoms with E-state index in [1.54, 1.807) is 6.92 Å². The molecule has 1 aliphatic carbocycles. The number of hydrogen-bond acceptors (Lipinski definition) is 4. The molecule has 7 nitrogen and oxygen atoms in total. The lowest BCUT2D eigenvalue weighted by molar-refractivity contribution is -0.144. The number of aliphatic carboxylic acids is 1. The molecule has 2 amide bonds. The normalized spacial score (nSPS) is 13.6. The fourth-order valence-corrected chi connectivity index (χ4v) is 4.20. The maximum absolute atomic E-state index is 12.7. The van der Waals surface area contributed by atoms with Crippen LogP contribution in [0.1, 0.15) is 51.2 Å². The van der Waals surface area contributed by atoms with Crippen LogP contribution < -0.4 is 5.32 Å². The van der Waals surface area contributed by atoms with Crippen molar-refractivity contribution in [2.75, 3.05) is 19.7 Å². The maximum atomic E-state index is 12.7. The highest BCUT2D eigenvalue weighted by molar-refractivity contribution is 5.82. The topological polar surface area (TPSA) is 95.9 Å². The Kier molecular flexibility index (Phi) is 7.41. The van der Waals surface area contributed by atoms with Crippen LogP contribution in [0.5, 0.6) is 0 Å². The van der Waals surface area contributed by atoms with Crippen molar-refractivity contribution in [2.45, 2.75) is 46.1 Å². The molecule has 1 aliphatic rings. The number of carbonyl (C=O) groups is 3. The van der Waals surface area contributed by atoms with Crippen molar-refractivity contribution in [2.24, 2.45) is 5.41 Å². The number of carbonyl (C=O) groups excluding carboxylic acids is 2. The van der Waals surface area contributed by atoms with Crippen LogP contribution in [-0.2, 0) is 14.3 Å². The summed E-state index contributed by atoms with van der Waals surface area (Å²) in [5, 5.41) is 11.9. The highest BCUT2D eigenvalue weighted by Crippen LogP contribution is 2.44. The molecular weight excluding hydrogens is 420 g/mol. The van der Waals surface area contributed by atoms with E-state index < -0.39 is 23.5 Å². The van der Waals surface area contributed by atoms with Crippen molar-refractivity contribution in [3.05, 3.63) is 59.7 Å². The molecule has 1 atom stereocenters. The third kappa shape index (κ3) is 5.72. The van der Waals surface area contributed by atoms with Gasteiger partial charge in [-0.2, -0.15) is 0 Å². The van der Waals surface area contributed by atoms with Gasteiger partial charge in [-0.3, -0.25) is 9.59 Å². The monoisotopic (exact) mass is 452 g/mol. The van der Waals surface area contributed by atoms with Crippen molar-refractivity contribution >= 4 is 18.0 Å². The minimum atomic E-state index is -1.07. The molecule has 0 aliphatic heterocycles. The number of nitrogens with one attached hydrogen (secondary N) is 1. The Morgan fingerprint density at radius 1 is 1.03 bits per heavy atom. The number of rotatable bonds is 8. The van der Waals surface area contributed by atoms with Gasteiger partial charge in [0.25, 0.3) is 0 Å². The van der Waals surface area contributed by atoms with E-state index in [-0.39, 0.29) is 37.9 Å². The van der Waals surface area contributed by atoms with Crippen LogP contribution in [-0.4, -0.2) is 53.7 Å². The fourth-order valence-electron chi connectivity index (χ4n) is 4.20. The first-order valence-corrected chi connectivity index (χ1v) is 11.2. The summed E-state index contributed by atoms with van der Waals surface area (Å²) in [6.45, 7) is 7.59. The molecule has 0 fully saturated rings. The second kappa shape index (κ2) is 10.1. The van der Waals surface area contributed by atoms with Crippen LogP contribution >= 0.6 is 0 Å². The quantitative estimate of drug-likeness (QED) is 0.624. The molecule has 0 radical (unpaired) electrons. The smallest absolute Gasteiger partial charge is 0.407 e. The van der Waals surface area contributed by atoms with Gasteiger partial charge in [0.15, 0.2) is 0 Å². The van der Waals surface area contributed by atoms with Crippen molar-refractivity contribution in [3.63, 3.8) is 0 Å². The Labute approximate surface area is 194 Å². The van der Waals surface area contributed by atoms with Gasteiger partial charge >= 0.3 is 12.1 Å². The van der Waals surface area contributed by atoms with Gasteiger partial charge in [0, 0.05) is 24.9 Å². The summed E-state index contributed by atoms with van der Waals surface area (Å²) in [6.07, 6.45) is -0.597. The van der Waals surface area contributed by atoms with Gasteiger partial charge in [0.1, 0.15) is 13.2 Å². The van der Waals surface area contributed by atoms with Crippen LogP contribution in [0.2, 0.25) is 0 Å². The van der Waals surface area contributed by atoms with E-state index in [9.17, 15) is 14.4 Å². The van der Waals surface area contributed by atoms with Crippen molar-refractivity contribution in [1.82, 2.24) is 10.2 Å². The number of amides is 2. The maximum Gasteiger partial charge on any atom is 0.407 e. The zero-order valence-electron chi connectivity index (χ0n) is 19.6. The first-order chi connectivity index (χ1) is 15.6. The minimum absolute atomic E-state index is 0.00514. The van der Waals surface area contributed by atoms with E-state index in [0.717, 1.165) is 22.3 Å². The van der Waals surface area contributed by atoms with Crippen LogP contribution in [0.25, 0.3) is 11.1 Å². The van der Waals surface area contributed by atoms with E-state index in [2.05, 4.69) is 29.6 Å². The predicted molar refractivity (Wildman–Crippen MR) is 126 cm³/mol. The summed E-state index contributed by atoms with van der Waals surface area (Å²) >= 11 is 0. The molecular formula is C26H32N2O5. The summed E-state index contributed by atoms with van der Waals surface area (Å²) in [6, 6.07) is 15.7. The SMILES string of the molecule is CCN(CC(=O)O)C(=O)CC(NC(=O)OCC1c2ccccc2-c2ccccc21)C(C)(C)C. The Hall–Kier alpha value is -3.35. The van der Waals surface area contributed by atoms with E-state index in [0.29, 0.717) is 0 Å². The highest BCUT2D eigenvalue weighted by Gasteiger charge is 2.32. The molecule has 0 bridgehead atoms. The van der Waals surface area contributed by atoms with Crippen molar-refractivity contribution in [1.29, 1.82) is 0 Å². The number of hydrogen-bond donors (Lipinski definition) is 2. The molecule has 2 aromatic carbocycles. The fraction of sp³-hybridized carbons (Fsp3) is 0.423. The molecule has 1 unspecified atom stereocenters. The van der Waals surface area contributed by atoms with Gasteiger partial charge in [-0.15, -0.1) is 0 Å². The number of fused-ring (bicyclic) bond motifs is 3. The standard InChI is InChI=1S/C26H32N2O5/c1-5-28(15-24(30)31)23(29)14-22(26(2,3)4)27-25(32)33-16-21-19-12-8-6-10-17(19)18-11-7-9-13-20(18)21/h6-13,21-22H,5,14-16H2,1-4H3,(H,27,32)(H,30,31). The zero-order valence-corrected chi connectivity index (χ0v) is 19.6. The van der Waals surface area contributed by atoms with Crippen LogP contribution in [0.4, 0.5) is 4.79 Å². The van der Waals surface area contributed by atoms with Gasteiger partial charge in [-0.1, -0.05) is 69.3 Å². The summed E-state index contributed by atoms with van der Waals surface area (Å²) in [4.78, 5) is 37.7. The summed E-state index contributed by atoms with van der Waals surface area (Å²) in [7, 11) is 0. The molecule has 0 saturated carbocycles. The van der Waals surface area contributed by atoms with E-state index in [1.165, 1.54) is 4.90 Å². The second-order valence-corrected chi connectivity index (χ2v) is 9.39. The Bertz CT molecular complexity index is 982. The van der Waals surface area contributed by atoms with E-state index in [1.807, 2.05) is 45.0 Å². The molecule has 0 spiro atoms. The van der Waals surface area contributed by atoms with Crippen molar-refractivity contribution in [3.8, 4) is 11.1 Å². The predicted octanol–water partition coefficient (Wildman–Crippen LogP) is 4.26. The molecule has 33 heavy (non-hydrogen) atoms. The lowest BCUT2D eigenvalue weighted by Gasteiger charge is -2.32.